The smallest absolute Gasteiger partial charge is 0.340 e. The monoisotopic (exact) mass is 1030 g/mol. The molecular formula is C50H50ClFN13O7S+. The van der Waals surface area contributed by atoms with E-state index in [1.54, 1.807) is 40.4 Å². The molecule has 0 spiro atoms. The van der Waals surface area contributed by atoms with Gasteiger partial charge < -0.3 is 26.4 Å². The molecule has 4 aliphatic rings. The Morgan fingerprint density at radius 1 is 0.849 bits per heavy atom. The van der Waals surface area contributed by atoms with Gasteiger partial charge in [0.25, 0.3) is 0 Å². The Morgan fingerprint density at radius 2 is 1.59 bits per heavy atom. The third-order valence-electron chi connectivity index (χ3n) is 13.9. The molecule has 1 atom stereocenters. The summed E-state index contributed by atoms with van der Waals surface area (Å²) in [7, 11) is 0. The number of hydrogen-bond donors (Lipinski definition) is 5. The number of benzene rings is 3. The van der Waals surface area contributed by atoms with Gasteiger partial charge in [-0.25, -0.2) is 9.18 Å². The fraction of sp³-hybridized carbons (Fsp3) is 0.340. The fourth-order valence-electron chi connectivity index (χ4n) is 10.2. The number of nitrogens with zero attached hydrogens (tertiary/aromatic N) is 9. The van der Waals surface area contributed by atoms with Crippen molar-refractivity contribution in [3.05, 3.63) is 111 Å². The summed E-state index contributed by atoms with van der Waals surface area (Å²) in [5, 5.41) is 40.4. The third kappa shape index (κ3) is 9.25. The highest BCUT2D eigenvalue weighted by molar-refractivity contribution is 7.15. The van der Waals surface area contributed by atoms with E-state index in [1.807, 2.05) is 35.8 Å². The number of aliphatic carboxylic acids is 1. The number of fused-ring (bicyclic) bond motifs is 5. The lowest BCUT2D eigenvalue weighted by molar-refractivity contribution is -0.141. The summed E-state index contributed by atoms with van der Waals surface area (Å²) in [4.78, 5) is 85.6. The van der Waals surface area contributed by atoms with E-state index in [0.717, 1.165) is 32.3 Å². The van der Waals surface area contributed by atoms with Crippen molar-refractivity contribution in [3.63, 3.8) is 0 Å². The lowest BCUT2D eigenvalue weighted by atomic mass is 9.88. The molecule has 3 aromatic carbocycles. The second-order valence-electron chi connectivity index (χ2n) is 18.5. The number of quaternary nitrogens is 1. The third-order valence-corrected chi connectivity index (χ3v) is 15.3. The summed E-state index contributed by atoms with van der Waals surface area (Å²) in [5.41, 5.74) is 6.15. The highest BCUT2D eigenvalue weighted by Crippen LogP contribution is 2.43. The van der Waals surface area contributed by atoms with E-state index in [-0.39, 0.29) is 72.7 Å². The topological polar surface area (TPSA) is 249 Å². The summed E-state index contributed by atoms with van der Waals surface area (Å²) in [6, 6.07) is 15.2. The van der Waals surface area contributed by atoms with E-state index in [2.05, 4.69) is 50.4 Å². The zero-order valence-corrected chi connectivity index (χ0v) is 41.6. The molecule has 7 aromatic rings. The maximum atomic E-state index is 16.2. The van der Waals surface area contributed by atoms with Crippen molar-refractivity contribution in [2.24, 2.45) is 4.99 Å². The number of aliphatic imine (C=N–C) groups is 1. The zero-order valence-electron chi connectivity index (χ0n) is 40.0. The molecule has 0 radical (unpaired) electrons. The Hall–Kier alpha value is -7.69. The Balaban J connectivity index is 0.807. The van der Waals surface area contributed by atoms with E-state index in [0.29, 0.717) is 75.7 Å². The maximum Gasteiger partial charge on any atom is 0.340 e. The molecule has 23 heteroatoms. The Bertz CT molecular complexity index is 3440. The van der Waals surface area contributed by atoms with E-state index in [4.69, 9.17) is 26.8 Å². The molecule has 5 N–H and O–H groups in total. The number of carbonyl (C=O) groups excluding carboxylic acids is 5. The van der Waals surface area contributed by atoms with E-state index >= 15 is 4.39 Å². The highest BCUT2D eigenvalue weighted by atomic mass is 35.5. The number of aromatic nitrogens is 7. The first kappa shape index (κ1) is 48.9. The van der Waals surface area contributed by atoms with Crippen LogP contribution in [0.4, 0.5) is 4.39 Å². The van der Waals surface area contributed by atoms with Gasteiger partial charge in [-0.05, 0) is 62.2 Å². The van der Waals surface area contributed by atoms with Gasteiger partial charge in [0.05, 0.1) is 42.5 Å². The van der Waals surface area contributed by atoms with E-state index in [1.165, 1.54) is 16.9 Å². The molecule has 5 amide bonds. The summed E-state index contributed by atoms with van der Waals surface area (Å²) in [6.07, 6.45) is 2.19. The SMILES string of the molecule is Cc1sc2c(c1C)C(c1ccc(Cl)cc1)=N[C@@H](CC(=O)NCCNC(=O)CCC(=O)[N+]13CCC(CC1)c1nn(CC(=O)NCC(=O)NCC(=O)O)c4cccc(c14)-c1cc4c(cnn43)cc1F)c1nnc(C)n1-2. The van der Waals surface area contributed by atoms with Crippen LogP contribution in [-0.2, 0) is 35.3 Å². The van der Waals surface area contributed by atoms with Gasteiger partial charge in [0.1, 0.15) is 54.4 Å². The number of hydrogen-bond acceptors (Lipinski definition) is 12. The molecule has 4 bridgehead atoms. The van der Waals surface area contributed by atoms with Crippen LogP contribution in [0.25, 0.3) is 37.9 Å². The lowest BCUT2D eigenvalue weighted by Crippen LogP contribution is -2.65. The number of rotatable bonds is 15. The molecule has 1 saturated heterocycles. The molecular weight excluding hydrogens is 981 g/mol. The highest BCUT2D eigenvalue weighted by Gasteiger charge is 2.46. The van der Waals surface area contributed by atoms with Crippen molar-refractivity contribution in [3.8, 4) is 16.1 Å². The average Bonchev–Trinajstić information content (AvgIpc) is 4.12. The molecule has 8 heterocycles. The van der Waals surface area contributed by atoms with Crippen LogP contribution in [0.2, 0.25) is 5.02 Å². The van der Waals surface area contributed by atoms with Crippen LogP contribution in [-0.4, -0.2) is 120 Å². The van der Waals surface area contributed by atoms with Gasteiger partial charge in [-0.3, -0.25) is 38.2 Å². The lowest BCUT2D eigenvalue weighted by Gasteiger charge is -2.39. The van der Waals surface area contributed by atoms with Crippen LogP contribution < -0.4 is 25.9 Å². The number of amides is 5. The number of aryl methyl sites for hydroxylation is 2. The number of carbonyl (C=O) groups is 6. The van der Waals surface area contributed by atoms with Crippen molar-refractivity contribution in [1.82, 2.24) is 60.3 Å². The molecule has 4 aliphatic heterocycles. The maximum absolute atomic E-state index is 16.2. The standard InChI is InChI=1S/C50H49ClFN13O7S/c1-26-27(2)73-50-45(26)47(29-7-9-32(51)10-8-29)58-36(49-60-59-28(3)63(49)50)21-40(67)54-16-15-53-39(66)11-12-43(70)65-17-13-30(14-18-65)48-46-33(34-20-38-31(19-35(34)52)22-57-64(38)65)5-4-6-37(46)62(61-48)25-42(69)55-23-41(68)56-24-44(71)72/h4-10,19-20,22,30,36H,11-18,21,23-25H2,1-3H3,(H4-,53,54,55,56,66,67,68,69,71,72)/p+1/t30?,36-,65?/m0/s1. The first-order valence-corrected chi connectivity index (χ1v) is 25.0. The van der Waals surface area contributed by atoms with Crippen molar-refractivity contribution in [2.75, 3.05) is 39.3 Å². The molecule has 20 nitrogen and oxygen atoms in total. The molecule has 0 saturated carbocycles. The first-order chi connectivity index (χ1) is 35.1. The fourth-order valence-corrected chi connectivity index (χ4v) is 11.5. The van der Waals surface area contributed by atoms with Gasteiger partial charge in [0, 0.05) is 75.6 Å². The quantitative estimate of drug-likeness (QED) is 0.0703. The Morgan fingerprint density at radius 3 is 2.34 bits per heavy atom. The minimum atomic E-state index is -1.22. The molecule has 0 unspecified atom stereocenters. The predicted octanol–water partition coefficient (Wildman–Crippen LogP) is 4.58. The van der Waals surface area contributed by atoms with Crippen molar-refractivity contribution in [2.45, 2.75) is 71.4 Å². The number of piperidine rings is 1. The van der Waals surface area contributed by atoms with Crippen LogP contribution in [0.5, 0.6) is 0 Å². The summed E-state index contributed by atoms with van der Waals surface area (Å²) >= 11 is 7.88. The van der Waals surface area contributed by atoms with Crippen LogP contribution in [0.15, 0.2) is 65.8 Å². The number of carboxylic acid groups (broad SMARTS) is 1. The molecule has 73 heavy (non-hydrogen) atoms. The Kier molecular flexibility index (Phi) is 13.2. The molecule has 376 valence electrons. The number of carboxylic acids is 1. The predicted molar refractivity (Wildman–Crippen MR) is 269 cm³/mol. The summed E-state index contributed by atoms with van der Waals surface area (Å²) in [5.74, 6) is -2.86. The molecule has 0 aliphatic carbocycles. The number of thiophene rings is 1. The first-order valence-electron chi connectivity index (χ1n) is 23.8. The van der Waals surface area contributed by atoms with E-state index < -0.39 is 42.7 Å². The van der Waals surface area contributed by atoms with Gasteiger partial charge in [0.2, 0.25) is 23.6 Å². The minimum Gasteiger partial charge on any atom is -0.480 e. The van der Waals surface area contributed by atoms with Crippen LogP contribution in [0, 0.1) is 26.6 Å². The number of halogens is 2. The van der Waals surface area contributed by atoms with Crippen LogP contribution >= 0.6 is 22.9 Å². The molecule has 4 aromatic heterocycles. The second kappa shape index (κ2) is 19.7. The molecule has 11 rings (SSSR count). The van der Waals surface area contributed by atoms with Gasteiger partial charge in [-0.1, -0.05) is 40.7 Å². The second-order valence-corrected chi connectivity index (χ2v) is 20.1. The normalized spacial score (nSPS) is 17.6. The van der Waals surface area contributed by atoms with Crippen LogP contribution in [0.1, 0.15) is 83.0 Å². The van der Waals surface area contributed by atoms with Gasteiger partial charge in [-0.2, -0.15) is 5.10 Å². The van der Waals surface area contributed by atoms with Crippen molar-refractivity contribution >= 4 is 86.0 Å². The Labute approximate surface area is 425 Å². The van der Waals surface area contributed by atoms with Gasteiger partial charge >= 0.3 is 11.9 Å². The van der Waals surface area contributed by atoms with Gasteiger partial charge in [0.15, 0.2) is 5.82 Å². The summed E-state index contributed by atoms with van der Waals surface area (Å²) < 4.78 is 19.5. The largest absolute Gasteiger partial charge is 0.480 e. The number of nitrogens with one attached hydrogen (secondary N) is 4. The average molecular weight is 1030 g/mol. The van der Waals surface area contributed by atoms with E-state index in [9.17, 15) is 28.8 Å². The summed E-state index contributed by atoms with van der Waals surface area (Å²) in [6.45, 7) is 5.50. The van der Waals surface area contributed by atoms with Crippen LogP contribution in [0.3, 0.4) is 0 Å². The van der Waals surface area contributed by atoms with Crippen molar-refractivity contribution < 1.29 is 38.3 Å². The van der Waals surface area contributed by atoms with Gasteiger partial charge in [-0.15, -0.1) is 31.2 Å². The van der Waals surface area contributed by atoms with Crippen molar-refractivity contribution in [1.29, 1.82) is 0 Å². The minimum absolute atomic E-state index is 0.0299. The molecule has 1 fully saturated rings. The zero-order chi connectivity index (χ0) is 51.3.